The number of hydrogen-bond acceptors (Lipinski definition) is 7. The first kappa shape index (κ1) is 11.9. The lowest BCUT2D eigenvalue weighted by Gasteiger charge is -2.02. The monoisotopic (exact) mass is 223 g/mol. The van der Waals surface area contributed by atoms with Gasteiger partial charge in [-0.2, -0.15) is 15.0 Å². The van der Waals surface area contributed by atoms with Gasteiger partial charge in [0, 0.05) is 12.5 Å². The fourth-order valence-electron chi connectivity index (χ4n) is 0.996. The third-order valence-corrected chi connectivity index (χ3v) is 1.59. The zero-order valence-electron chi connectivity index (χ0n) is 8.88. The van der Waals surface area contributed by atoms with Crippen molar-refractivity contribution in [1.29, 1.82) is 0 Å². The molecule has 0 aliphatic heterocycles. The molecule has 0 bridgehead atoms. The second kappa shape index (κ2) is 5.64. The van der Waals surface area contributed by atoms with Crippen molar-refractivity contribution in [2.75, 3.05) is 18.1 Å². The summed E-state index contributed by atoms with van der Waals surface area (Å²) < 4.78 is 4.86. The molecular weight excluding hydrogens is 210 g/mol. The molecule has 0 aliphatic rings. The van der Waals surface area contributed by atoms with Crippen molar-refractivity contribution in [2.45, 2.75) is 13.3 Å². The van der Waals surface area contributed by atoms with Crippen molar-refractivity contribution in [3.8, 4) is 0 Å². The van der Waals surface area contributed by atoms with Gasteiger partial charge in [-0.1, -0.05) is 6.08 Å². The van der Waals surface area contributed by atoms with Gasteiger partial charge in [-0.15, -0.1) is 0 Å². The lowest BCUT2D eigenvalue weighted by molar-refractivity contribution is -0.137. The van der Waals surface area contributed by atoms with Crippen LogP contribution in [0, 0.1) is 0 Å². The largest absolute Gasteiger partial charge is 0.462 e. The summed E-state index contributed by atoms with van der Waals surface area (Å²) in [4.78, 5) is 22.3. The Labute approximate surface area is 92.5 Å². The van der Waals surface area contributed by atoms with E-state index in [4.69, 9.17) is 16.2 Å². The lowest BCUT2D eigenvalue weighted by atomic mass is 10.4. The van der Waals surface area contributed by atoms with Crippen LogP contribution in [0.4, 0.5) is 11.9 Å². The summed E-state index contributed by atoms with van der Waals surface area (Å²) in [7, 11) is 0. The summed E-state index contributed by atoms with van der Waals surface area (Å²) >= 11 is 0. The topological polar surface area (TPSA) is 117 Å². The highest BCUT2D eigenvalue weighted by Crippen LogP contribution is 1.99. The Hall–Kier alpha value is -2.18. The molecule has 0 unspecified atom stereocenters. The van der Waals surface area contributed by atoms with E-state index in [-0.39, 0.29) is 18.5 Å². The van der Waals surface area contributed by atoms with E-state index >= 15 is 0 Å². The highest BCUT2D eigenvalue weighted by atomic mass is 16.5. The Morgan fingerprint density at radius 3 is 2.50 bits per heavy atom. The molecule has 1 aromatic rings. The van der Waals surface area contributed by atoms with E-state index in [1.165, 1.54) is 6.08 Å². The minimum atomic E-state index is -0.405. The average molecular weight is 223 g/mol. The number of nitrogens with two attached hydrogens (primary N) is 2. The second-order valence-electron chi connectivity index (χ2n) is 2.89. The Bertz CT molecular complexity index is 385. The van der Waals surface area contributed by atoms with E-state index in [2.05, 4.69) is 15.0 Å². The van der Waals surface area contributed by atoms with E-state index in [0.717, 1.165) is 0 Å². The molecule has 7 heteroatoms. The van der Waals surface area contributed by atoms with E-state index in [1.54, 1.807) is 13.0 Å². The van der Waals surface area contributed by atoms with Gasteiger partial charge >= 0.3 is 5.97 Å². The summed E-state index contributed by atoms with van der Waals surface area (Å²) in [6, 6.07) is 0. The summed E-state index contributed by atoms with van der Waals surface area (Å²) in [6.07, 6.45) is 3.28. The molecule has 0 fully saturated rings. The minimum absolute atomic E-state index is 0.0577. The maximum atomic E-state index is 11.0. The number of hydrogen-bond donors (Lipinski definition) is 2. The Morgan fingerprint density at radius 1 is 1.31 bits per heavy atom. The second-order valence-corrected chi connectivity index (χ2v) is 2.89. The number of nitrogens with zero attached hydrogens (tertiary/aromatic N) is 3. The van der Waals surface area contributed by atoms with E-state index < -0.39 is 5.97 Å². The Morgan fingerprint density at radius 2 is 1.94 bits per heavy atom. The molecule has 0 amide bonds. The van der Waals surface area contributed by atoms with Crippen LogP contribution in [0.3, 0.4) is 0 Å². The minimum Gasteiger partial charge on any atom is -0.462 e. The van der Waals surface area contributed by atoms with Crippen molar-refractivity contribution in [1.82, 2.24) is 15.0 Å². The normalized spacial score (nSPS) is 10.6. The molecule has 0 atom stereocenters. The Balaban J connectivity index is 2.46. The third-order valence-electron chi connectivity index (χ3n) is 1.59. The van der Waals surface area contributed by atoms with Crippen molar-refractivity contribution in [3.63, 3.8) is 0 Å². The molecule has 0 aliphatic carbocycles. The number of allylic oxidation sites excluding steroid dienone is 1. The number of carbonyl (C=O) groups is 1. The van der Waals surface area contributed by atoms with Gasteiger partial charge in [-0.05, 0) is 6.92 Å². The van der Waals surface area contributed by atoms with Crippen molar-refractivity contribution >= 4 is 17.9 Å². The van der Waals surface area contributed by atoms with Crippen molar-refractivity contribution < 1.29 is 9.53 Å². The van der Waals surface area contributed by atoms with Crippen LogP contribution in [-0.4, -0.2) is 27.5 Å². The molecule has 0 saturated heterocycles. The summed E-state index contributed by atoms with van der Waals surface area (Å²) in [6.45, 7) is 1.90. The van der Waals surface area contributed by atoms with Gasteiger partial charge in [-0.25, -0.2) is 4.79 Å². The van der Waals surface area contributed by atoms with Gasteiger partial charge in [0.2, 0.25) is 11.9 Å². The number of anilines is 2. The molecule has 16 heavy (non-hydrogen) atoms. The van der Waals surface area contributed by atoms with Crippen molar-refractivity contribution in [2.24, 2.45) is 0 Å². The van der Waals surface area contributed by atoms with Gasteiger partial charge in [0.15, 0.2) is 0 Å². The highest BCUT2D eigenvalue weighted by Gasteiger charge is 2.03. The third kappa shape index (κ3) is 3.91. The van der Waals surface area contributed by atoms with Gasteiger partial charge in [0.25, 0.3) is 0 Å². The van der Waals surface area contributed by atoms with Crippen LogP contribution in [0.2, 0.25) is 0 Å². The number of aromatic nitrogens is 3. The molecule has 0 radical (unpaired) electrons. The maximum Gasteiger partial charge on any atom is 0.330 e. The number of nitrogen functional groups attached to an aromatic ring is 2. The fraction of sp³-hybridized carbons (Fsp3) is 0.333. The Kier molecular flexibility index (Phi) is 4.19. The van der Waals surface area contributed by atoms with Crippen LogP contribution in [-0.2, 0) is 16.0 Å². The van der Waals surface area contributed by atoms with Crippen LogP contribution < -0.4 is 11.5 Å². The molecule has 0 spiro atoms. The molecule has 0 aromatic carbocycles. The standard InChI is InChI=1S/C9H13N5O2/c1-2-3-7(15)16-5-4-6-12-8(10)14-9(11)13-6/h2-3H,4-5H2,1H3,(H4,10,11,12,13,14). The van der Waals surface area contributed by atoms with E-state index in [0.29, 0.717) is 12.2 Å². The molecule has 1 aromatic heterocycles. The zero-order chi connectivity index (χ0) is 12.0. The van der Waals surface area contributed by atoms with Crippen molar-refractivity contribution in [3.05, 3.63) is 18.0 Å². The molecule has 1 heterocycles. The van der Waals surface area contributed by atoms with Crippen LogP contribution in [0.15, 0.2) is 12.2 Å². The summed E-state index contributed by atoms with van der Waals surface area (Å²) in [5.41, 5.74) is 10.8. The fourth-order valence-corrected chi connectivity index (χ4v) is 0.996. The zero-order valence-corrected chi connectivity index (χ0v) is 8.88. The highest BCUT2D eigenvalue weighted by molar-refractivity contribution is 5.81. The number of esters is 1. The average Bonchev–Trinajstić information content (AvgIpc) is 2.16. The van der Waals surface area contributed by atoms with Crippen LogP contribution >= 0.6 is 0 Å². The van der Waals surface area contributed by atoms with Crippen LogP contribution in [0.1, 0.15) is 12.7 Å². The molecule has 86 valence electrons. The van der Waals surface area contributed by atoms with Gasteiger partial charge in [0.1, 0.15) is 5.82 Å². The van der Waals surface area contributed by atoms with Gasteiger partial charge < -0.3 is 16.2 Å². The molecule has 4 N–H and O–H groups in total. The van der Waals surface area contributed by atoms with Crippen LogP contribution in [0.5, 0.6) is 0 Å². The number of carbonyl (C=O) groups excluding carboxylic acids is 1. The SMILES string of the molecule is CC=CC(=O)OCCc1nc(N)nc(N)n1. The number of ether oxygens (including phenoxy) is 1. The van der Waals surface area contributed by atoms with E-state index in [9.17, 15) is 4.79 Å². The summed E-state index contributed by atoms with van der Waals surface area (Å²) in [5, 5.41) is 0. The first-order valence-corrected chi connectivity index (χ1v) is 4.67. The predicted octanol–water partition coefficient (Wildman–Crippen LogP) is -0.302. The first-order valence-electron chi connectivity index (χ1n) is 4.67. The quantitative estimate of drug-likeness (QED) is 0.531. The number of rotatable bonds is 4. The van der Waals surface area contributed by atoms with Gasteiger partial charge in [-0.3, -0.25) is 0 Å². The van der Waals surface area contributed by atoms with Crippen LogP contribution in [0.25, 0.3) is 0 Å². The lowest BCUT2D eigenvalue weighted by Crippen LogP contribution is -2.10. The molecule has 0 saturated carbocycles. The van der Waals surface area contributed by atoms with E-state index in [1.807, 2.05) is 0 Å². The first-order chi connectivity index (χ1) is 7.61. The molecular formula is C9H13N5O2. The molecule has 7 nitrogen and oxygen atoms in total. The molecule has 1 rings (SSSR count). The summed E-state index contributed by atoms with van der Waals surface area (Å²) in [5.74, 6) is 0.111. The maximum absolute atomic E-state index is 11.0. The van der Waals surface area contributed by atoms with Gasteiger partial charge in [0.05, 0.1) is 6.61 Å². The predicted molar refractivity (Wildman–Crippen MR) is 58.1 cm³/mol. The smallest absolute Gasteiger partial charge is 0.330 e.